The van der Waals surface area contributed by atoms with E-state index >= 15 is 0 Å². The van der Waals surface area contributed by atoms with Crippen LogP contribution in [-0.2, 0) is 0 Å². The van der Waals surface area contributed by atoms with Crippen molar-refractivity contribution in [3.63, 3.8) is 0 Å². The number of aliphatic hydroxyl groups is 1. The average Bonchev–Trinajstić information content (AvgIpc) is 2.61. The lowest BCUT2D eigenvalue weighted by atomic mass is 9.82. The fraction of sp³-hybridized carbons (Fsp3) is 0.286. The van der Waals surface area contributed by atoms with E-state index < -0.39 is 5.60 Å². The van der Waals surface area contributed by atoms with Crippen LogP contribution in [0.2, 0.25) is 5.02 Å². The van der Waals surface area contributed by atoms with Gasteiger partial charge in [-0.25, -0.2) is 0 Å². The minimum atomic E-state index is -1.16. The van der Waals surface area contributed by atoms with Crippen LogP contribution in [0, 0.1) is 11.8 Å². The maximum atomic E-state index is 12.4. The lowest BCUT2D eigenvalue weighted by molar-refractivity contribution is 0.0452. The van der Waals surface area contributed by atoms with Gasteiger partial charge in [0.1, 0.15) is 11.4 Å². The molecule has 0 aliphatic heterocycles. The predicted octanol–water partition coefficient (Wildman–Crippen LogP) is 3.50. The molecular weight excluding hydrogens is 350 g/mol. The molecule has 4 nitrogen and oxygen atoms in total. The molecule has 0 bridgehead atoms. The monoisotopic (exact) mass is 369 g/mol. The number of hydrogen-bond donors (Lipinski definition) is 3. The molecular formula is C21H20ClNO3. The fourth-order valence-corrected chi connectivity index (χ4v) is 3.36. The van der Waals surface area contributed by atoms with E-state index in [2.05, 4.69) is 17.2 Å². The number of phenols is 1. The summed E-state index contributed by atoms with van der Waals surface area (Å²) in [6.45, 7) is 0. The van der Waals surface area contributed by atoms with E-state index in [4.69, 9.17) is 11.6 Å². The summed E-state index contributed by atoms with van der Waals surface area (Å²) in [5.74, 6) is 5.51. The first-order chi connectivity index (χ1) is 12.5. The molecule has 0 aromatic heterocycles. The highest BCUT2D eigenvalue weighted by Gasteiger charge is 2.33. The fourth-order valence-electron chi connectivity index (χ4n) is 3.17. The molecule has 0 spiro atoms. The van der Waals surface area contributed by atoms with E-state index in [0.29, 0.717) is 17.9 Å². The van der Waals surface area contributed by atoms with Crippen molar-refractivity contribution in [2.45, 2.75) is 37.3 Å². The molecule has 0 unspecified atom stereocenters. The summed E-state index contributed by atoms with van der Waals surface area (Å²) in [5, 5.41) is 24.1. The van der Waals surface area contributed by atoms with Gasteiger partial charge >= 0.3 is 0 Å². The lowest BCUT2D eigenvalue weighted by Gasteiger charge is -2.33. The number of carbonyl (C=O) groups is 1. The first-order valence-electron chi connectivity index (χ1n) is 8.55. The summed E-state index contributed by atoms with van der Waals surface area (Å²) >= 11 is 5.95. The van der Waals surface area contributed by atoms with E-state index in [9.17, 15) is 15.0 Å². The normalized spacial score (nSPS) is 22.2. The number of benzene rings is 2. The van der Waals surface area contributed by atoms with Crippen molar-refractivity contribution in [3.8, 4) is 17.6 Å². The molecule has 1 amide bonds. The Balaban J connectivity index is 1.69. The SMILES string of the molecule is O=C(N[C@H]1CCC[C@@](O)(C#Cc2cccc(Cl)c2)C1)c1ccccc1O. The highest BCUT2D eigenvalue weighted by molar-refractivity contribution is 6.30. The molecule has 0 heterocycles. The van der Waals surface area contributed by atoms with Gasteiger partial charge in [-0.05, 0) is 49.6 Å². The van der Waals surface area contributed by atoms with Crippen molar-refractivity contribution in [1.82, 2.24) is 5.32 Å². The first-order valence-corrected chi connectivity index (χ1v) is 8.93. The smallest absolute Gasteiger partial charge is 0.255 e. The number of rotatable bonds is 2. The van der Waals surface area contributed by atoms with Crippen LogP contribution in [0.5, 0.6) is 5.75 Å². The lowest BCUT2D eigenvalue weighted by Crippen LogP contribution is -2.45. The van der Waals surface area contributed by atoms with Gasteiger partial charge in [-0.1, -0.05) is 41.6 Å². The van der Waals surface area contributed by atoms with E-state index in [-0.39, 0.29) is 23.3 Å². The summed E-state index contributed by atoms with van der Waals surface area (Å²) in [6.07, 6.45) is 2.43. The molecule has 5 heteroatoms. The van der Waals surface area contributed by atoms with Gasteiger partial charge in [-0.3, -0.25) is 4.79 Å². The van der Waals surface area contributed by atoms with Gasteiger partial charge in [-0.2, -0.15) is 0 Å². The van der Waals surface area contributed by atoms with Crippen molar-refractivity contribution in [3.05, 3.63) is 64.7 Å². The minimum absolute atomic E-state index is 0.0585. The Hall–Kier alpha value is -2.48. The van der Waals surface area contributed by atoms with Crippen LogP contribution >= 0.6 is 11.6 Å². The zero-order valence-electron chi connectivity index (χ0n) is 14.2. The minimum Gasteiger partial charge on any atom is -0.507 e. The zero-order chi connectivity index (χ0) is 18.6. The van der Waals surface area contributed by atoms with Crippen LogP contribution in [0.1, 0.15) is 41.6 Å². The highest BCUT2D eigenvalue weighted by Crippen LogP contribution is 2.28. The summed E-state index contributed by atoms with van der Waals surface area (Å²) in [5.41, 5.74) is -0.185. The van der Waals surface area contributed by atoms with Gasteiger partial charge in [0, 0.05) is 23.0 Å². The van der Waals surface area contributed by atoms with Crippen LogP contribution in [0.15, 0.2) is 48.5 Å². The van der Waals surface area contributed by atoms with Gasteiger partial charge in [0.15, 0.2) is 0 Å². The predicted molar refractivity (Wildman–Crippen MR) is 101 cm³/mol. The van der Waals surface area contributed by atoms with Gasteiger partial charge in [0.05, 0.1) is 5.56 Å². The second-order valence-corrected chi connectivity index (χ2v) is 7.01. The number of nitrogens with one attached hydrogen (secondary N) is 1. The molecule has 0 saturated heterocycles. The number of amides is 1. The van der Waals surface area contributed by atoms with Crippen LogP contribution in [0.4, 0.5) is 0 Å². The quantitative estimate of drug-likeness (QED) is 0.709. The number of hydrogen-bond acceptors (Lipinski definition) is 3. The van der Waals surface area contributed by atoms with Gasteiger partial charge in [0.25, 0.3) is 5.91 Å². The average molecular weight is 370 g/mol. The Morgan fingerprint density at radius 3 is 2.81 bits per heavy atom. The van der Waals surface area contributed by atoms with Gasteiger partial charge in [0.2, 0.25) is 0 Å². The Bertz CT molecular complexity index is 871. The summed E-state index contributed by atoms with van der Waals surface area (Å²) in [7, 11) is 0. The van der Waals surface area contributed by atoms with Crippen LogP contribution in [-0.4, -0.2) is 27.8 Å². The van der Waals surface area contributed by atoms with Crippen LogP contribution in [0.25, 0.3) is 0 Å². The zero-order valence-corrected chi connectivity index (χ0v) is 15.0. The van der Waals surface area contributed by atoms with Crippen molar-refractivity contribution in [2.75, 3.05) is 0 Å². The molecule has 2 aromatic rings. The molecule has 0 radical (unpaired) electrons. The van der Waals surface area contributed by atoms with Crippen LogP contribution < -0.4 is 5.32 Å². The Kier molecular flexibility index (Phi) is 5.51. The number of aromatic hydroxyl groups is 1. The second kappa shape index (κ2) is 7.82. The molecule has 3 N–H and O–H groups in total. The van der Waals surface area contributed by atoms with Gasteiger partial charge in [-0.15, -0.1) is 0 Å². The standard InChI is InChI=1S/C21H20ClNO3/c22-16-6-3-5-15(13-16)10-12-21(26)11-4-7-17(14-21)23-20(25)18-8-1-2-9-19(18)24/h1-3,5-6,8-9,13,17,24,26H,4,7,11,14H2,(H,23,25)/t17-,21+/m0/s1. The Morgan fingerprint density at radius 2 is 2.04 bits per heavy atom. The van der Waals surface area contributed by atoms with E-state index in [0.717, 1.165) is 18.4 Å². The maximum absolute atomic E-state index is 12.4. The van der Waals surface area contributed by atoms with Crippen molar-refractivity contribution in [1.29, 1.82) is 0 Å². The van der Waals surface area contributed by atoms with E-state index in [1.165, 1.54) is 6.07 Å². The van der Waals surface area contributed by atoms with Crippen molar-refractivity contribution < 1.29 is 15.0 Å². The highest BCUT2D eigenvalue weighted by atomic mass is 35.5. The third kappa shape index (κ3) is 4.57. The molecule has 134 valence electrons. The van der Waals surface area contributed by atoms with Gasteiger partial charge < -0.3 is 15.5 Å². The summed E-state index contributed by atoms with van der Waals surface area (Å²) in [6, 6.07) is 13.4. The number of halogens is 1. The molecule has 1 saturated carbocycles. The maximum Gasteiger partial charge on any atom is 0.255 e. The molecule has 26 heavy (non-hydrogen) atoms. The summed E-state index contributed by atoms with van der Waals surface area (Å²) < 4.78 is 0. The summed E-state index contributed by atoms with van der Waals surface area (Å²) in [4.78, 5) is 12.4. The third-order valence-corrected chi connectivity index (χ3v) is 4.71. The third-order valence-electron chi connectivity index (χ3n) is 4.48. The molecule has 2 aromatic carbocycles. The number of para-hydroxylation sites is 1. The first kappa shape index (κ1) is 18.3. The Labute approximate surface area is 157 Å². The van der Waals surface area contributed by atoms with Crippen molar-refractivity contribution >= 4 is 17.5 Å². The molecule has 1 aliphatic carbocycles. The van der Waals surface area contributed by atoms with E-state index in [1.807, 2.05) is 12.1 Å². The number of carbonyl (C=O) groups excluding carboxylic acids is 1. The molecule has 3 rings (SSSR count). The number of phenolic OH excluding ortho intramolecular Hbond substituents is 1. The largest absolute Gasteiger partial charge is 0.507 e. The second-order valence-electron chi connectivity index (χ2n) is 6.58. The molecule has 1 fully saturated rings. The van der Waals surface area contributed by atoms with Crippen molar-refractivity contribution in [2.24, 2.45) is 0 Å². The van der Waals surface area contributed by atoms with Crippen LogP contribution in [0.3, 0.4) is 0 Å². The van der Waals surface area contributed by atoms with E-state index in [1.54, 1.807) is 30.3 Å². The topological polar surface area (TPSA) is 69.6 Å². The Morgan fingerprint density at radius 1 is 1.23 bits per heavy atom. The molecule has 2 atom stereocenters. The molecule has 1 aliphatic rings.